The van der Waals surface area contributed by atoms with Gasteiger partial charge in [-0.3, -0.25) is 0 Å². The Morgan fingerprint density at radius 2 is 1.71 bits per heavy atom. The fourth-order valence-corrected chi connectivity index (χ4v) is 4.63. The van der Waals surface area contributed by atoms with E-state index in [-0.39, 0.29) is 5.82 Å². The van der Waals surface area contributed by atoms with Crippen molar-refractivity contribution in [3.05, 3.63) is 84.2 Å². The monoisotopic (exact) mass is 372 g/mol. The molecule has 0 nitrogen and oxygen atoms in total. The van der Waals surface area contributed by atoms with Gasteiger partial charge in [-0.1, -0.05) is 74.0 Å². The zero-order valence-electron chi connectivity index (χ0n) is 16.8. The topological polar surface area (TPSA) is 0 Å². The maximum atomic E-state index is 15.2. The number of allylic oxidation sites excluding steroid dienone is 1. The SMILES string of the molecule is C=CC1CCC(c2ccc(-c3ccc4cc(CCC)ccc4c3F)cc2)CC1. The Labute approximate surface area is 168 Å². The van der Waals surface area contributed by atoms with Crippen LogP contribution >= 0.6 is 0 Å². The summed E-state index contributed by atoms with van der Waals surface area (Å²) in [5, 5.41) is 1.70. The number of hydrogen-bond donors (Lipinski definition) is 0. The van der Waals surface area contributed by atoms with Gasteiger partial charge in [-0.2, -0.15) is 0 Å². The number of fused-ring (bicyclic) bond motifs is 1. The Kier molecular flexibility index (Phi) is 5.62. The van der Waals surface area contributed by atoms with E-state index in [4.69, 9.17) is 0 Å². The molecule has 0 heterocycles. The first-order valence-electron chi connectivity index (χ1n) is 10.6. The minimum atomic E-state index is -0.111. The summed E-state index contributed by atoms with van der Waals surface area (Å²) in [6.45, 7) is 6.10. The highest BCUT2D eigenvalue weighted by Gasteiger charge is 2.20. The van der Waals surface area contributed by atoms with Gasteiger partial charge in [-0.05, 0) is 66.0 Å². The van der Waals surface area contributed by atoms with Gasteiger partial charge >= 0.3 is 0 Å². The van der Waals surface area contributed by atoms with Crippen molar-refractivity contribution in [2.24, 2.45) is 5.92 Å². The lowest BCUT2D eigenvalue weighted by Gasteiger charge is -2.27. The van der Waals surface area contributed by atoms with E-state index in [1.807, 2.05) is 12.1 Å². The van der Waals surface area contributed by atoms with Crippen LogP contribution in [0.2, 0.25) is 0 Å². The molecule has 4 rings (SSSR count). The van der Waals surface area contributed by atoms with Crippen LogP contribution in [0.5, 0.6) is 0 Å². The van der Waals surface area contributed by atoms with Gasteiger partial charge in [-0.25, -0.2) is 4.39 Å². The second kappa shape index (κ2) is 8.31. The number of aryl methyl sites for hydroxylation is 1. The van der Waals surface area contributed by atoms with Crippen LogP contribution in [-0.4, -0.2) is 0 Å². The van der Waals surface area contributed by atoms with E-state index in [1.165, 1.54) is 36.8 Å². The van der Waals surface area contributed by atoms with Crippen LogP contribution in [-0.2, 0) is 6.42 Å². The molecule has 1 aliphatic rings. The molecule has 3 aromatic carbocycles. The van der Waals surface area contributed by atoms with Crippen molar-refractivity contribution < 1.29 is 4.39 Å². The van der Waals surface area contributed by atoms with Crippen molar-refractivity contribution in [2.45, 2.75) is 51.4 Å². The molecule has 1 fully saturated rings. The molecule has 1 heteroatoms. The average molecular weight is 373 g/mol. The summed E-state index contributed by atoms with van der Waals surface area (Å²) in [5.41, 5.74) is 4.31. The van der Waals surface area contributed by atoms with E-state index in [0.29, 0.717) is 22.8 Å². The summed E-state index contributed by atoms with van der Waals surface area (Å²) in [4.78, 5) is 0. The van der Waals surface area contributed by atoms with Crippen molar-refractivity contribution in [1.29, 1.82) is 0 Å². The predicted octanol–water partition coefficient (Wildman–Crippen LogP) is 8.06. The average Bonchev–Trinajstić information content (AvgIpc) is 2.74. The summed E-state index contributed by atoms with van der Waals surface area (Å²) in [6.07, 6.45) is 9.15. The zero-order valence-corrected chi connectivity index (χ0v) is 16.8. The van der Waals surface area contributed by atoms with E-state index in [0.717, 1.165) is 23.8 Å². The van der Waals surface area contributed by atoms with Crippen molar-refractivity contribution in [3.63, 3.8) is 0 Å². The van der Waals surface area contributed by atoms with Crippen molar-refractivity contribution in [1.82, 2.24) is 0 Å². The van der Waals surface area contributed by atoms with Gasteiger partial charge in [0, 0.05) is 10.9 Å². The lowest BCUT2D eigenvalue weighted by molar-refractivity contribution is 0.376. The molecule has 0 spiro atoms. The van der Waals surface area contributed by atoms with Gasteiger partial charge in [0.2, 0.25) is 0 Å². The van der Waals surface area contributed by atoms with Crippen molar-refractivity contribution >= 4 is 10.8 Å². The third kappa shape index (κ3) is 3.76. The van der Waals surface area contributed by atoms with Crippen molar-refractivity contribution in [3.8, 4) is 11.1 Å². The fraction of sp³-hybridized carbons (Fsp3) is 0.333. The van der Waals surface area contributed by atoms with Gasteiger partial charge in [0.1, 0.15) is 5.82 Å². The first kappa shape index (κ1) is 18.9. The van der Waals surface area contributed by atoms with Crippen LogP contribution in [0, 0.1) is 11.7 Å². The standard InChI is InChI=1S/C27H29F/c1-3-5-20-8-16-26-24(18-20)15-17-25(27(26)28)23-13-11-22(12-14-23)21-9-6-19(4-2)7-10-21/h4,8,11-19,21H,2-3,5-7,9-10H2,1H3. The van der Waals surface area contributed by atoms with Crippen LogP contribution in [0.3, 0.4) is 0 Å². The molecule has 0 aromatic heterocycles. The van der Waals surface area contributed by atoms with Gasteiger partial charge in [0.15, 0.2) is 0 Å². The second-order valence-corrected chi connectivity index (χ2v) is 8.20. The minimum Gasteiger partial charge on any atom is -0.206 e. The van der Waals surface area contributed by atoms with E-state index >= 15 is 4.39 Å². The highest BCUT2D eigenvalue weighted by Crippen LogP contribution is 2.37. The van der Waals surface area contributed by atoms with Crippen LogP contribution in [0.15, 0.2) is 67.3 Å². The molecule has 0 unspecified atom stereocenters. The summed E-state index contributed by atoms with van der Waals surface area (Å²) < 4.78 is 15.2. The number of hydrogen-bond acceptors (Lipinski definition) is 0. The molecule has 0 aliphatic heterocycles. The Bertz CT molecular complexity index is 959. The van der Waals surface area contributed by atoms with Crippen LogP contribution in [0.25, 0.3) is 21.9 Å². The van der Waals surface area contributed by atoms with Crippen molar-refractivity contribution in [2.75, 3.05) is 0 Å². The smallest absolute Gasteiger partial charge is 0.138 e. The van der Waals surface area contributed by atoms with E-state index < -0.39 is 0 Å². The van der Waals surface area contributed by atoms with Crippen LogP contribution in [0.1, 0.15) is 56.1 Å². The van der Waals surface area contributed by atoms with E-state index in [1.54, 1.807) is 0 Å². The Morgan fingerprint density at radius 3 is 2.39 bits per heavy atom. The summed E-state index contributed by atoms with van der Waals surface area (Å²) in [5.74, 6) is 1.20. The Hall–Kier alpha value is -2.41. The second-order valence-electron chi connectivity index (χ2n) is 8.20. The third-order valence-electron chi connectivity index (χ3n) is 6.36. The molecule has 0 saturated heterocycles. The quantitative estimate of drug-likeness (QED) is 0.397. The minimum absolute atomic E-state index is 0.111. The highest BCUT2D eigenvalue weighted by molar-refractivity contribution is 5.88. The van der Waals surface area contributed by atoms with Crippen LogP contribution < -0.4 is 0 Å². The first-order chi connectivity index (χ1) is 13.7. The molecular formula is C27H29F. The maximum absolute atomic E-state index is 15.2. The summed E-state index contributed by atoms with van der Waals surface area (Å²) in [6, 6.07) is 18.7. The molecule has 1 aliphatic carbocycles. The lowest BCUT2D eigenvalue weighted by Crippen LogP contribution is -2.11. The third-order valence-corrected chi connectivity index (χ3v) is 6.36. The predicted molar refractivity (Wildman–Crippen MR) is 118 cm³/mol. The Morgan fingerprint density at radius 1 is 0.964 bits per heavy atom. The summed E-state index contributed by atoms with van der Waals surface area (Å²) >= 11 is 0. The van der Waals surface area contributed by atoms with Crippen LogP contribution in [0.4, 0.5) is 4.39 Å². The van der Waals surface area contributed by atoms with Gasteiger partial charge in [0.05, 0.1) is 0 Å². The molecule has 0 atom stereocenters. The van der Waals surface area contributed by atoms with Gasteiger partial charge in [-0.15, -0.1) is 6.58 Å². The van der Waals surface area contributed by atoms with E-state index in [9.17, 15) is 0 Å². The number of rotatable bonds is 5. The van der Waals surface area contributed by atoms with E-state index in [2.05, 4.69) is 62.0 Å². The van der Waals surface area contributed by atoms with Gasteiger partial charge in [0.25, 0.3) is 0 Å². The normalized spacial score (nSPS) is 19.6. The number of halogens is 1. The molecule has 0 amide bonds. The first-order valence-corrected chi connectivity index (χ1v) is 10.6. The molecule has 3 aromatic rings. The lowest BCUT2D eigenvalue weighted by atomic mass is 9.78. The zero-order chi connectivity index (χ0) is 19.5. The fourth-order valence-electron chi connectivity index (χ4n) is 4.63. The highest BCUT2D eigenvalue weighted by atomic mass is 19.1. The molecule has 0 radical (unpaired) electrons. The largest absolute Gasteiger partial charge is 0.206 e. The summed E-state index contributed by atoms with van der Waals surface area (Å²) in [7, 11) is 0. The Balaban J connectivity index is 1.58. The van der Waals surface area contributed by atoms with Gasteiger partial charge < -0.3 is 0 Å². The maximum Gasteiger partial charge on any atom is 0.138 e. The molecular weight excluding hydrogens is 343 g/mol. The molecule has 1 saturated carbocycles. The molecule has 28 heavy (non-hydrogen) atoms. The molecule has 0 N–H and O–H groups in total. The number of benzene rings is 3. The molecule has 0 bridgehead atoms. The molecule has 144 valence electrons.